The Morgan fingerprint density at radius 1 is 1.39 bits per heavy atom. The maximum Gasteiger partial charge on any atom is 0.226 e. The van der Waals surface area contributed by atoms with E-state index >= 15 is 0 Å². The van der Waals surface area contributed by atoms with Crippen LogP contribution in [0.3, 0.4) is 0 Å². The van der Waals surface area contributed by atoms with E-state index in [-0.39, 0.29) is 11.8 Å². The second-order valence-electron chi connectivity index (χ2n) is 4.73. The Morgan fingerprint density at radius 3 is 2.67 bits per heavy atom. The van der Waals surface area contributed by atoms with Gasteiger partial charge in [-0.15, -0.1) is 0 Å². The van der Waals surface area contributed by atoms with Crippen molar-refractivity contribution >= 4 is 29.1 Å². The van der Waals surface area contributed by atoms with E-state index in [1.165, 1.54) is 12.8 Å². The average Bonchev–Trinajstić information content (AvgIpc) is 3.12. The van der Waals surface area contributed by atoms with E-state index in [1.807, 2.05) is 0 Å². The minimum Gasteiger partial charge on any atom is -0.369 e. The van der Waals surface area contributed by atoms with Gasteiger partial charge in [-0.2, -0.15) is 0 Å². The first-order valence-electron chi connectivity index (χ1n) is 6.03. The van der Waals surface area contributed by atoms with E-state index < -0.39 is 0 Å². The van der Waals surface area contributed by atoms with Crippen LogP contribution in [0.2, 0.25) is 10.0 Å². The van der Waals surface area contributed by atoms with Crippen LogP contribution in [0.5, 0.6) is 0 Å². The first-order valence-corrected chi connectivity index (χ1v) is 6.78. The van der Waals surface area contributed by atoms with Crippen molar-refractivity contribution in [2.75, 3.05) is 13.1 Å². The van der Waals surface area contributed by atoms with Gasteiger partial charge in [0.25, 0.3) is 0 Å². The van der Waals surface area contributed by atoms with Crippen molar-refractivity contribution < 1.29 is 4.79 Å². The Bertz CT molecular complexity index is 447. The SMILES string of the molecule is NC(=O)[C@H](CNCC1CC1)c1ccc(Cl)c(Cl)c1. The molecule has 1 aliphatic rings. The molecular weight excluding hydrogens is 271 g/mol. The van der Waals surface area contributed by atoms with Gasteiger partial charge in [-0.3, -0.25) is 4.79 Å². The zero-order chi connectivity index (χ0) is 13.1. The summed E-state index contributed by atoms with van der Waals surface area (Å²) in [6.45, 7) is 1.49. The van der Waals surface area contributed by atoms with Gasteiger partial charge in [0.1, 0.15) is 0 Å². The van der Waals surface area contributed by atoms with E-state index in [0.717, 1.165) is 18.0 Å². The molecular formula is C13H16Cl2N2O. The molecule has 0 saturated heterocycles. The zero-order valence-corrected chi connectivity index (χ0v) is 11.5. The van der Waals surface area contributed by atoms with Crippen LogP contribution in [0, 0.1) is 5.92 Å². The second-order valence-corrected chi connectivity index (χ2v) is 5.54. The fraction of sp³-hybridized carbons (Fsp3) is 0.462. The number of benzene rings is 1. The molecule has 98 valence electrons. The Hall–Kier alpha value is -0.770. The summed E-state index contributed by atoms with van der Waals surface area (Å²) in [4.78, 5) is 11.5. The molecule has 3 N–H and O–H groups in total. The highest BCUT2D eigenvalue weighted by molar-refractivity contribution is 6.42. The molecule has 18 heavy (non-hydrogen) atoms. The Balaban J connectivity index is 2.02. The lowest BCUT2D eigenvalue weighted by Gasteiger charge is -2.15. The predicted molar refractivity (Wildman–Crippen MR) is 74.0 cm³/mol. The van der Waals surface area contributed by atoms with Crippen molar-refractivity contribution in [2.24, 2.45) is 11.7 Å². The second kappa shape index (κ2) is 5.91. The van der Waals surface area contributed by atoms with Crippen LogP contribution in [0.15, 0.2) is 18.2 Å². The van der Waals surface area contributed by atoms with Crippen molar-refractivity contribution in [2.45, 2.75) is 18.8 Å². The number of nitrogens with one attached hydrogen (secondary N) is 1. The predicted octanol–water partition coefficient (Wildman–Crippen LogP) is 2.56. The third-order valence-electron chi connectivity index (χ3n) is 3.17. The van der Waals surface area contributed by atoms with Gasteiger partial charge in [-0.25, -0.2) is 0 Å². The Labute approximate surface area is 117 Å². The smallest absolute Gasteiger partial charge is 0.226 e. The highest BCUT2D eigenvalue weighted by Gasteiger charge is 2.23. The molecule has 0 unspecified atom stereocenters. The number of amides is 1. The molecule has 3 nitrogen and oxygen atoms in total. The largest absolute Gasteiger partial charge is 0.369 e. The molecule has 1 atom stereocenters. The molecule has 0 aromatic heterocycles. The van der Waals surface area contributed by atoms with E-state index in [0.29, 0.717) is 16.6 Å². The number of hydrogen-bond donors (Lipinski definition) is 2. The van der Waals surface area contributed by atoms with Crippen molar-refractivity contribution in [1.82, 2.24) is 5.32 Å². The highest BCUT2D eigenvalue weighted by atomic mass is 35.5. The summed E-state index contributed by atoms with van der Waals surface area (Å²) in [6.07, 6.45) is 2.56. The topological polar surface area (TPSA) is 55.1 Å². The fourth-order valence-electron chi connectivity index (χ4n) is 1.87. The maximum atomic E-state index is 11.5. The van der Waals surface area contributed by atoms with Gasteiger partial charge in [-0.05, 0) is 43.0 Å². The van der Waals surface area contributed by atoms with E-state index in [9.17, 15) is 4.79 Å². The Kier molecular flexibility index (Phi) is 4.49. The zero-order valence-electron chi connectivity index (χ0n) is 9.96. The molecule has 0 radical (unpaired) electrons. The van der Waals surface area contributed by atoms with Crippen LogP contribution in [-0.4, -0.2) is 19.0 Å². The van der Waals surface area contributed by atoms with Crippen LogP contribution in [-0.2, 0) is 4.79 Å². The minimum atomic E-state index is -0.362. The van der Waals surface area contributed by atoms with Gasteiger partial charge in [0.2, 0.25) is 5.91 Å². The van der Waals surface area contributed by atoms with Gasteiger partial charge >= 0.3 is 0 Å². The number of carbonyl (C=O) groups is 1. The molecule has 1 saturated carbocycles. The van der Waals surface area contributed by atoms with Crippen LogP contribution in [0.25, 0.3) is 0 Å². The van der Waals surface area contributed by atoms with Gasteiger partial charge in [0, 0.05) is 6.54 Å². The number of carbonyl (C=O) groups excluding carboxylic acids is 1. The number of hydrogen-bond acceptors (Lipinski definition) is 2. The summed E-state index contributed by atoms with van der Waals surface area (Å²) < 4.78 is 0. The summed E-state index contributed by atoms with van der Waals surface area (Å²) >= 11 is 11.8. The monoisotopic (exact) mass is 286 g/mol. The summed E-state index contributed by atoms with van der Waals surface area (Å²) in [7, 11) is 0. The number of rotatable bonds is 6. The summed E-state index contributed by atoms with van der Waals surface area (Å²) in [5.41, 5.74) is 6.24. The Morgan fingerprint density at radius 2 is 2.11 bits per heavy atom. The van der Waals surface area contributed by atoms with Crippen LogP contribution >= 0.6 is 23.2 Å². The van der Waals surface area contributed by atoms with E-state index in [4.69, 9.17) is 28.9 Å². The lowest BCUT2D eigenvalue weighted by molar-refractivity contribution is -0.119. The molecule has 0 bridgehead atoms. The molecule has 5 heteroatoms. The van der Waals surface area contributed by atoms with Crippen LogP contribution < -0.4 is 11.1 Å². The van der Waals surface area contributed by atoms with E-state index in [1.54, 1.807) is 18.2 Å². The van der Waals surface area contributed by atoms with Crippen molar-refractivity contribution in [1.29, 1.82) is 0 Å². The third-order valence-corrected chi connectivity index (χ3v) is 3.91. The molecule has 1 aromatic carbocycles. The lowest BCUT2D eigenvalue weighted by atomic mass is 9.98. The van der Waals surface area contributed by atoms with E-state index in [2.05, 4.69) is 5.32 Å². The molecule has 1 fully saturated rings. The van der Waals surface area contributed by atoms with Crippen LogP contribution in [0.4, 0.5) is 0 Å². The van der Waals surface area contributed by atoms with Gasteiger partial charge < -0.3 is 11.1 Å². The first kappa shape index (κ1) is 13.7. The first-order chi connectivity index (χ1) is 8.58. The molecule has 2 rings (SSSR count). The molecule has 1 aromatic rings. The van der Waals surface area contributed by atoms with Gasteiger partial charge in [0.15, 0.2) is 0 Å². The summed E-state index contributed by atoms with van der Waals surface area (Å²) in [6, 6.07) is 5.19. The van der Waals surface area contributed by atoms with Crippen LogP contribution in [0.1, 0.15) is 24.3 Å². The summed E-state index contributed by atoms with van der Waals surface area (Å²) in [5, 5.41) is 4.21. The summed E-state index contributed by atoms with van der Waals surface area (Å²) in [5.74, 6) is 0.0579. The third kappa shape index (κ3) is 3.61. The molecule has 1 aliphatic carbocycles. The molecule has 0 aliphatic heterocycles. The molecule has 0 spiro atoms. The van der Waals surface area contributed by atoms with Gasteiger partial charge in [-0.1, -0.05) is 29.3 Å². The standard InChI is InChI=1S/C13H16Cl2N2O/c14-11-4-3-9(5-12(11)15)10(13(16)18)7-17-6-8-1-2-8/h3-5,8,10,17H,1-2,6-7H2,(H2,16,18)/t10-/m1/s1. The van der Waals surface area contributed by atoms with Gasteiger partial charge in [0.05, 0.1) is 16.0 Å². The average molecular weight is 287 g/mol. The maximum absolute atomic E-state index is 11.5. The number of nitrogens with two attached hydrogens (primary N) is 1. The minimum absolute atomic E-state index is 0.350. The van der Waals surface area contributed by atoms with Crippen molar-refractivity contribution in [3.63, 3.8) is 0 Å². The molecule has 1 amide bonds. The number of primary amides is 1. The molecule has 0 heterocycles. The van der Waals surface area contributed by atoms with Crippen molar-refractivity contribution in [3.8, 4) is 0 Å². The quantitative estimate of drug-likeness (QED) is 0.845. The van der Waals surface area contributed by atoms with Crippen molar-refractivity contribution in [3.05, 3.63) is 33.8 Å². The normalized spacial score (nSPS) is 16.6. The fourth-order valence-corrected chi connectivity index (χ4v) is 2.17. The number of halogens is 2. The highest BCUT2D eigenvalue weighted by Crippen LogP contribution is 2.28. The lowest BCUT2D eigenvalue weighted by Crippen LogP contribution is -2.32.